The minimum Gasteiger partial charge on any atom is -0.299 e. The summed E-state index contributed by atoms with van der Waals surface area (Å²) < 4.78 is 0. The average Bonchev–Trinajstić information content (AvgIpc) is 1.82. The summed E-state index contributed by atoms with van der Waals surface area (Å²) in [6.45, 7) is 14.6. The summed E-state index contributed by atoms with van der Waals surface area (Å²) in [4.78, 5) is 11.6. The van der Waals surface area contributed by atoms with Crippen molar-refractivity contribution in [2.75, 3.05) is 0 Å². The van der Waals surface area contributed by atoms with Gasteiger partial charge in [-0.05, 0) is 24.7 Å². The quantitative estimate of drug-likeness (QED) is 0.654. The van der Waals surface area contributed by atoms with E-state index >= 15 is 0 Å². The molecule has 0 spiro atoms. The average molecular weight is 184 g/mol. The van der Waals surface area contributed by atoms with E-state index in [0.717, 1.165) is 6.42 Å². The molecular formula is C12H24O. The largest absolute Gasteiger partial charge is 0.299 e. The van der Waals surface area contributed by atoms with Gasteiger partial charge in [-0.15, -0.1) is 0 Å². The Morgan fingerprint density at radius 1 is 1.15 bits per heavy atom. The third-order valence-corrected chi connectivity index (χ3v) is 3.25. The first-order valence-electron chi connectivity index (χ1n) is 5.12. The summed E-state index contributed by atoms with van der Waals surface area (Å²) in [5.74, 6) is 0.891. The molecule has 0 N–H and O–H groups in total. The standard InChI is InChI=1S/C12H24O/c1-9(2)8-12(7,10(3)13)11(4,5)6/h9H,8H2,1-7H3. The van der Waals surface area contributed by atoms with Crippen molar-refractivity contribution >= 4 is 5.78 Å². The van der Waals surface area contributed by atoms with Gasteiger partial charge in [0, 0.05) is 5.41 Å². The molecule has 0 amide bonds. The molecule has 0 saturated carbocycles. The molecule has 78 valence electrons. The molecule has 0 saturated heterocycles. The van der Waals surface area contributed by atoms with Crippen LogP contribution in [-0.2, 0) is 4.79 Å². The van der Waals surface area contributed by atoms with Crippen molar-refractivity contribution in [2.45, 2.75) is 54.9 Å². The molecule has 1 heteroatoms. The fraction of sp³-hybridized carbons (Fsp3) is 0.917. The zero-order chi connectivity index (χ0) is 10.9. The summed E-state index contributed by atoms with van der Waals surface area (Å²) in [5, 5.41) is 0. The van der Waals surface area contributed by atoms with Crippen LogP contribution < -0.4 is 0 Å². The van der Waals surface area contributed by atoms with Crippen LogP contribution in [0.3, 0.4) is 0 Å². The Kier molecular flexibility index (Phi) is 3.71. The summed E-state index contributed by atoms with van der Waals surface area (Å²) >= 11 is 0. The normalized spacial score (nSPS) is 17.2. The summed E-state index contributed by atoms with van der Waals surface area (Å²) in [5.41, 5.74) is -0.121. The molecule has 13 heavy (non-hydrogen) atoms. The zero-order valence-corrected chi connectivity index (χ0v) is 10.2. The maximum atomic E-state index is 11.6. The van der Waals surface area contributed by atoms with Crippen LogP contribution in [0.2, 0.25) is 0 Å². The van der Waals surface area contributed by atoms with Crippen molar-refractivity contribution < 1.29 is 4.79 Å². The Bertz CT molecular complexity index is 186. The Labute approximate surface area is 82.9 Å². The Hall–Kier alpha value is -0.330. The van der Waals surface area contributed by atoms with Crippen LogP contribution in [0, 0.1) is 16.7 Å². The Morgan fingerprint density at radius 2 is 1.54 bits per heavy atom. The van der Waals surface area contributed by atoms with Crippen LogP contribution in [-0.4, -0.2) is 5.78 Å². The molecule has 1 atom stereocenters. The first-order chi connectivity index (χ1) is 5.61. The molecule has 0 rings (SSSR count). The molecule has 1 unspecified atom stereocenters. The number of carbonyl (C=O) groups excluding carboxylic acids is 1. The van der Waals surface area contributed by atoms with Gasteiger partial charge in [-0.25, -0.2) is 0 Å². The van der Waals surface area contributed by atoms with Crippen molar-refractivity contribution in [2.24, 2.45) is 16.7 Å². The predicted octanol–water partition coefficient (Wildman–Crippen LogP) is 3.67. The highest BCUT2D eigenvalue weighted by molar-refractivity contribution is 5.82. The lowest BCUT2D eigenvalue weighted by Gasteiger charge is -2.41. The molecule has 0 heterocycles. The maximum Gasteiger partial charge on any atom is 0.136 e. The summed E-state index contributed by atoms with van der Waals surface area (Å²) in [7, 11) is 0. The lowest BCUT2D eigenvalue weighted by molar-refractivity contribution is -0.132. The van der Waals surface area contributed by atoms with Gasteiger partial charge >= 0.3 is 0 Å². The molecule has 0 radical (unpaired) electrons. The summed E-state index contributed by atoms with van der Waals surface area (Å²) in [6, 6.07) is 0. The third-order valence-electron chi connectivity index (χ3n) is 3.25. The smallest absolute Gasteiger partial charge is 0.136 e. The van der Waals surface area contributed by atoms with Gasteiger partial charge < -0.3 is 0 Å². The lowest BCUT2D eigenvalue weighted by atomic mass is 9.62. The number of hydrogen-bond donors (Lipinski definition) is 0. The van der Waals surface area contributed by atoms with E-state index in [4.69, 9.17) is 0 Å². The molecular weight excluding hydrogens is 160 g/mol. The van der Waals surface area contributed by atoms with E-state index < -0.39 is 0 Å². The second-order valence-electron chi connectivity index (χ2n) is 5.74. The van der Waals surface area contributed by atoms with Gasteiger partial charge in [0.25, 0.3) is 0 Å². The molecule has 0 fully saturated rings. The molecule has 0 aliphatic rings. The van der Waals surface area contributed by atoms with Gasteiger partial charge in [0.1, 0.15) is 5.78 Å². The molecule has 0 aromatic heterocycles. The second-order valence-corrected chi connectivity index (χ2v) is 5.74. The van der Waals surface area contributed by atoms with Crippen molar-refractivity contribution in [3.8, 4) is 0 Å². The highest BCUT2D eigenvalue weighted by Crippen LogP contribution is 2.43. The Morgan fingerprint density at radius 3 is 1.62 bits per heavy atom. The molecule has 0 aromatic rings. The van der Waals surface area contributed by atoms with Crippen LogP contribution in [0.1, 0.15) is 54.9 Å². The van der Waals surface area contributed by atoms with E-state index in [1.165, 1.54) is 0 Å². The van der Waals surface area contributed by atoms with E-state index in [2.05, 4.69) is 41.5 Å². The zero-order valence-electron chi connectivity index (χ0n) is 10.2. The predicted molar refractivity (Wildman–Crippen MR) is 57.7 cm³/mol. The first kappa shape index (κ1) is 12.7. The topological polar surface area (TPSA) is 17.1 Å². The van der Waals surface area contributed by atoms with E-state index in [1.54, 1.807) is 6.92 Å². The van der Waals surface area contributed by atoms with Gasteiger partial charge in [-0.2, -0.15) is 0 Å². The van der Waals surface area contributed by atoms with Crippen LogP contribution in [0.5, 0.6) is 0 Å². The minimum atomic E-state index is -0.179. The van der Waals surface area contributed by atoms with E-state index in [9.17, 15) is 4.79 Å². The van der Waals surface area contributed by atoms with E-state index in [1.807, 2.05) is 0 Å². The molecule has 0 aliphatic carbocycles. The van der Waals surface area contributed by atoms with Crippen molar-refractivity contribution in [1.82, 2.24) is 0 Å². The number of carbonyl (C=O) groups is 1. The molecule has 0 aliphatic heterocycles. The van der Waals surface area contributed by atoms with E-state index in [0.29, 0.717) is 11.7 Å². The first-order valence-corrected chi connectivity index (χ1v) is 5.12. The van der Waals surface area contributed by atoms with Gasteiger partial charge in [0.15, 0.2) is 0 Å². The Balaban J connectivity index is 4.85. The second kappa shape index (κ2) is 3.81. The fourth-order valence-corrected chi connectivity index (χ4v) is 1.79. The number of Topliss-reactive ketones (excluding diaryl/α,β-unsaturated/α-hetero) is 1. The number of hydrogen-bond acceptors (Lipinski definition) is 1. The SMILES string of the molecule is CC(=O)C(C)(CC(C)C)C(C)(C)C. The van der Waals surface area contributed by atoms with Gasteiger partial charge in [-0.3, -0.25) is 4.79 Å². The van der Waals surface area contributed by atoms with Crippen LogP contribution >= 0.6 is 0 Å². The van der Waals surface area contributed by atoms with Crippen molar-refractivity contribution in [3.05, 3.63) is 0 Å². The molecule has 0 bridgehead atoms. The van der Waals surface area contributed by atoms with Gasteiger partial charge in [0.2, 0.25) is 0 Å². The fourth-order valence-electron chi connectivity index (χ4n) is 1.79. The van der Waals surface area contributed by atoms with Crippen LogP contribution in [0.15, 0.2) is 0 Å². The minimum absolute atomic E-state index is 0.0586. The van der Waals surface area contributed by atoms with Crippen LogP contribution in [0.4, 0.5) is 0 Å². The van der Waals surface area contributed by atoms with Crippen LogP contribution in [0.25, 0.3) is 0 Å². The van der Waals surface area contributed by atoms with E-state index in [-0.39, 0.29) is 10.8 Å². The van der Waals surface area contributed by atoms with Gasteiger partial charge in [-0.1, -0.05) is 41.5 Å². The van der Waals surface area contributed by atoms with Gasteiger partial charge in [0.05, 0.1) is 0 Å². The summed E-state index contributed by atoms with van der Waals surface area (Å²) in [6.07, 6.45) is 0.978. The maximum absolute atomic E-state index is 11.6. The highest BCUT2D eigenvalue weighted by Gasteiger charge is 2.41. The number of rotatable bonds is 3. The monoisotopic (exact) mass is 184 g/mol. The molecule has 1 nitrogen and oxygen atoms in total. The molecule has 0 aromatic carbocycles. The van der Waals surface area contributed by atoms with Crippen molar-refractivity contribution in [3.63, 3.8) is 0 Å². The third kappa shape index (κ3) is 2.82. The number of ketones is 1. The van der Waals surface area contributed by atoms with Crippen molar-refractivity contribution in [1.29, 1.82) is 0 Å². The lowest BCUT2D eigenvalue weighted by Crippen LogP contribution is -2.40. The highest BCUT2D eigenvalue weighted by atomic mass is 16.1.